The van der Waals surface area contributed by atoms with E-state index >= 15 is 0 Å². The van der Waals surface area contributed by atoms with E-state index in [-0.39, 0.29) is 5.91 Å². The van der Waals surface area contributed by atoms with Gasteiger partial charge in [-0.15, -0.1) is 0 Å². The summed E-state index contributed by atoms with van der Waals surface area (Å²) in [6, 6.07) is 16.9. The standard InChI is InChI=1S/C15H14BrNO2/c16-10-9-15(18)17-12-5-4-8-14(11-12)19-13-6-2-1-3-7-13/h1-8,11H,9-10H2,(H,17,18). The summed E-state index contributed by atoms with van der Waals surface area (Å²) in [7, 11) is 0. The van der Waals surface area contributed by atoms with Crippen molar-refractivity contribution < 1.29 is 9.53 Å². The quantitative estimate of drug-likeness (QED) is 0.839. The van der Waals surface area contributed by atoms with Gasteiger partial charge in [0, 0.05) is 23.5 Å². The number of halogens is 1. The van der Waals surface area contributed by atoms with Gasteiger partial charge in [0.15, 0.2) is 0 Å². The monoisotopic (exact) mass is 319 g/mol. The van der Waals surface area contributed by atoms with E-state index in [0.29, 0.717) is 17.5 Å². The van der Waals surface area contributed by atoms with Crippen molar-refractivity contribution >= 4 is 27.5 Å². The molecule has 0 unspecified atom stereocenters. The first-order valence-electron chi connectivity index (χ1n) is 5.97. The number of hydrogen-bond donors (Lipinski definition) is 1. The number of alkyl halides is 1. The molecule has 0 atom stereocenters. The van der Waals surface area contributed by atoms with Gasteiger partial charge in [0.05, 0.1) is 0 Å². The third-order valence-corrected chi connectivity index (χ3v) is 2.81. The fraction of sp³-hybridized carbons (Fsp3) is 0.133. The predicted molar refractivity (Wildman–Crippen MR) is 80.0 cm³/mol. The van der Waals surface area contributed by atoms with Crippen LogP contribution in [-0.2, 0) is 4.79 Å². The molecule has 0 bridgehead atoms. The number of carbonyl (C=O) groups is 1. The van der Waals surface area contributed by atoms with Gasteiger partial charge in [-0.3, -0.25) is 4.79 Å². The number of nitrogens with one attached hydrogen (secondary N) is 1. The van der Waals surface area contributed by atoms with Crippen LogP contribution in [-0.4, -0.2) is 11.2 Å². The Morgan fingerprint density at radius 2 is 1.79 bits per heavy atom. The molecule has 19 heavy (non-hydrogen) atoms. The smallest absolute Gasteiger partial charge is 0.225 e. The summed E-state index contributed by atoms with van der Waals surface area (Å²) in [4.78, 5) is 11.5. The first-order chi connectivity index (χ1) is 9.28. The summed E-state index contributed by atoms with van der Waals surface area (Å²) in [6.07, 6.45) is 0.448. The molecular formula is C15H14BrNO2. The van der Waals surface area contributed by atoms with Gasteiger partial charge in [0.2, 0.25) is 5.91 Å². The van der Waals surface area contributed by atoms with Crippen molar-refractivity contribution in [2.24, 2.45) is 0 Å². The Morgan fingerprint density at radius 1 is 1.05 bits per heavy atom. The number of rotatable bonds is 5. The summed E-state index contributed by atoms with van der Waals surface area (Å²) in [5.74, 6) is 1.45. The van der Waals surface area contributed by atoms with Crippen LogP contribution in [0.1, 0.15) is 6.42 Å². The summed E-state index contributed by atoms with van der Waals surface area (Å²) < 4.78 is 5.70. The second-order valence-corrected chi connectivity index (χ2v) is 4.72. The van der Waals surface area contributed by atoms with Crippen LogP contribution in [0.15, 0.2) is 54.6 Å². The second kappa shape index (κ2) is 6.95. The Balaban J connectivity index is 2.05. The number of anilines is 1. The number of ether oxygens (including phenoxy) is 1. The van der Waals surface area contributed by atoms with Crippen LogP contribution in [0.5, 0.6) is 11.5 Å². The van der Waals surface area contributed by atoms with E-state index in [4.69, 9.17) is 4.74 Å². The number of benzene rings is 2. The highest BCUT2D eigenvalue weighted by atomic mass is 79.9. The molecule has 1 N–H and O–H groups in total. The van der Waals surface area contributed by atoms with E-state index in [1.807, 2.05) is 48.5 Å². The fourth-order valence-electron chi connectivity index (χ4n) is 1.57. The first-order valence-corrected chi connectivity index (χ1v) is 7.09. The number of amides is 1. The minimum absolute atomic E-state index is 0.0197. The van der Waals surface area contributed by atoms with Gasteiger partial charge in [-0.2, -0.15) is 0 Å². The molecule has 3 nitrogen and oxygen atoms in total. The highest BCUT2D eigenvalue weighted by Crippen LogP contribution is 2.23. The normalized spacial score (nSPS) is 9.95. The van der Waals surface area contributed by atoms with Crippen molar-refractivity contribution in [2.45, 2.75) is 6.42 Å². The Labute approximate surface area is 120 Å². The van der Waals surface area contributed by atoms with E-state index in [1.54, 1.807) is 6.07 Å². The van der Waals surface area contributed by atoms with Crippen molar-refractivity contribution in [3.05, 3.63) is 54.6 Å². The van der Waals surface area contributed by atoms with Crippen LogP contribution >= 0.6 is 15.9 Å². The van der Waals surface area contributed by atoms with Gasteiger partial charge in [0.1, 0.15) is 11.5 Å². The number of carbonyl (C=O) groups excluding carboxylic acids is 1. The van der Waals surface area contributed by atoms with Gasteiger partial charge >= 0.3 is 0 Å². The van der Waals surface area contributed by atoms with E-state index in [0.717, 1.165) is 11.4 Å². The minimum Gasteiger partial charge on any atom is -0.457 e. The Hall–Kier alpha value is -1.81. The molecule has 0 heterocycles. The minimum atomic E-state index is -0.0197. The summed E-state index contributed by atoms with van der Waals surface area (Å²) in [5, 5.41) is 3.47. The largest absolute Gasteiger partial charge is 0.457 e. The van der Waals surface area contributed by atoms with Crippen LogP contribution in [0.3, 0.4) is 0 Å². The lowest BCUT2D eigenvalue weighted by Gasteiger charge is -2.08. The summed E-state index contributed by atoms with van der Waals surface area (Å²) in [6.45, 7) is 0. The van der Waals surface area contributed by atoms with E-state index in [9.17, 15) is 4.79 Å². The van der Waals surface area contributed by atoms with Crippen LogP contribution in [0.25, 0.3) is 0 Å². The van der Waals surface area contributed by atoms with E-state index in [2.05, 4.69) is 21.2 Å². The van der Waals surface area contributed by atoms with Crippen molar-refractivity contribution in [1.82, 2.24) is 0 Å². The zero-order valence-electron chi connectivity index (χ0n) is 10.3. The zero-order valence-corrected chi connectivity index (χ0v) is 11.9. The van der Waals surface area contributed by atoms with Gasteiger partial charge < -0.3 is 10.1 Å². The number of para-hydroxylation sites is 1. The molecule has 0 saturated carbocycles. The van der Waals surface area contributed by atoms with E-state index in [1.165, 1.54) is 0 Å². The van der Waals surface area contributed by atoms with Crippen molar-refractivity contribution in [2.75, 3.05) is 10.6 Å². The Kier molecular flexibility index (Phi) is 4.98. The lowest BCUT2D eigenvalue weighted by atomic mass is 10.3. The topological polar surface area (TPSA) is 38.3 Å². The zero-order chi connectivity index (χ0) is 13.5. The molecule has 4 heteroatoms. The molecule has 2 aromatic carbocycles. The highest BCUT2D eigenvalue weighted by molar-refractivity contribution is 9.09. The maximum Gasteiger partial charge on any atom is 0.225 e. The molecule has 0 fully saturated rings. The van der Waals surface area contributed by atoms with Gasteiger partial charge in [0.25, 0.3) is 0 Å². The average molecular weight is 320 g/mol. The maximum atomic E-state index is 11.5. The molecule has 0 spiro atoms. The van der Waals surface area contributed by atoms with Gasteiger partial charge in [-0.1, -0.05) is 40.2 Å². The van der Waals surface area contributed by atoms with E-state index < -0.39 is 0 Å². The third kappa shape index (κ3) is 4.41. The molecule has 0 aliphatic heterocycles. The predicted octanol–water partition coefficient (Wildman–Crippen LogP) is 4.20. The van der Waals surface area contributed by atoms with Crippen LogP contribution in [0, 0.1) is 0 Å². The Bertz CT molecular complexity index is 543. The summed E-state index contributed by atoms with van der Waals surface area (Å²) in [5.41, 5.74) is 0.736. The average Bonchev–Trinajstić information content (AvgIpc) is 2.40. The van der Waals surface area contributed by atoms with Crippen LogP contribution < -0.4 is 10.1 Å². The molecule has 0 aliphatic carbocycles. The molecule has 98 valence electrons. The third-order valence-electron chi connectivity index (χ3n) is 2.42. The molecule has 0 aliphatic rings. The lowest BCUT2D eigenvalue weighted by Crippen LogP contribution is -2.11. The van der Waals surface area contributed by atoms with Crippen molar-refractivity contribution in [3.63, 3.8) is 0 Å². The van der Waals surface area contributed by atoms with Crippen molar-refractivity contribution in [3.8, 4) is 11.5 Å². The number of hydrogen-bond acceptors (Lipinski definition) is 2. The molecule has 0 radical (unpaired) electrons. The highest BCUT2D eigenvalue weighted by Gasteiger charge is 2.03. The maximum absolute atomic E-state index is 11.5. The molecule has 2 aromatic rings. The van der Waals surface area contributed by atoms with Crippen molar-refractivity contribution in [1.29, 1.82) is 0 Å². The molecule has 1 amide bonds. The van der Waals surface area contributed by atoms with Crippen LogP contribution in [0.4, 0.5) is 5.69 Å². The molecule has 0 aromatic heterocycles. The summed E-state index contributed by atoms with van der Waals surface area (Å²) >= 11 is 3.24. The first kappa shape index (κ1) is 13.6. The molecule has 2 rings (SSSR count). The lowest BCUT2D eigenvalue weighted by molar-refractivity contribution is -0.115. The molecular weight excluding hydrogens is 306 g/mol. The van der Waals surface area contributed by atoms with Gasteiger partial charge in [-0.25, -0.2) is 0 Å². The fourth-order valence-corrected chi connectivity index (χ4v) is 1.93. The van der Waals surface area contributed by atoms with Crippen LogP contribution in [0.2, 0.25) is 0 Å². The second-order valence-electron chi connectivity index (χ2n) is 3.93. The molecule has 0 saturated heterocycles. The Morgan fingerprint density at radius 3 is 2.53 bits per heavy atom. The SMILES string of the molecule is O=C(CCBr)Nc1cccc(Oc2ccccc2)c1. The van der Waals surface area contributed by atoms with Gasteiger partial charge in [-0.05, 0) is 24.3 Å².